The van der Waals surface area contributed by atoms with Gasteiger partial charge in [0.2, 0.25) is 0 Å². The number of rotatable bonds is 7. The fraction of sp³-hybridized carbons (Fsp3) is 0.353. The van der Waals surface area contributed by atoms with Crippen molar-refractivity contribution >= 4 is 12.3 Å². The van der Waals surface area contributed by atoms with Gasteiger partial charge < -0.3 is 9.72 Å². The highest BCUT2D eigenvalue weighted by molar-refractivity contribution is 5.89. The van der Waals surface area contributed by atoms with E-state index in [0.717, 1.165) is 36.9 Å². The Morgan fingerprint density at radius 3 is 2.64 bits per heavy atom. The van der Waals surface area contributed by atoms with Crippen molar-refractivity contribution in [2.45, 2.75) is 32.1 Å². The quantitative estimate of drug-likeness (QED) is 0.629. The number of nitrogens with zero attached hydrogens (tertiary/aromatic N) is 1. The molecule has 1 aromatic carbocycles. The van der Waals surface area contributed by atoms with Crippen LogP contribution >= 0.6 is 0 Å². The van der Waals surface area contributed by atoms with Gasteiger partial charge >= 0.3 is 5.97 Å². The molecule has 1 aromatic heterocycles. The monoisotopic (exact) mass is 300 g/mol. The topological polar surface area (TPSA) is 72.0 Å². The summed E-state index contributed by atoms with van der Waals surface area (Å²) in [6.07, 6.45) is 5.37. The molecular weight excluding hydrogens is 280 g/mol. The van der Waals surface area contributed by atoms with Crippen molar-refractivity contribution in [3.63, 3.8) is 0 Å². The number of aromatic nitrogens is 2. The van der Waals surface area contributed by atoms with Crippen LogP contribution in [0.25, 0.3) is 0 Å². The van der Waals surface area contributed by atoms with Gasteiger partial charge in [0, 0.05) is 5.92 Å². The Bertz CT molecular complexity index is 632. The minimum absolute atomic E-state index is 0.0837. The van der Waals surface area contributed by atoms with Gasteiger partial charge in [-0.1, -0.05) is 31.9 Å². The normalized spacial score (nSPS) is 11.9. The summed E-state index contributed by atoms with van der Waals surface area (Å²) < 4.78 is 4.71. The number of carbonyl (C=O) groups is 2. The SMILES string of the molecule is CCCCC(c1ccc(C(=O)OC)cc1)c1ncc(C=O)[nH]1. The van der Waals surface area contributed by atoms with E-state index in [1.807, 2.05) is 12.1 Å². The van der Waals surface area contributed by atoms with Crippen molar-refractivity contribution < 1.29 is 14.3 Å². The van der Waals surface area contributed by atoms with E-state index in [9.17, 15) is 9.59 Å². The van der Waals surface area contributed by atoms with Gasteiger partial charge in [-0.25, -0.2) is 9.78 Å². The van der Waals surface area contributed by atoms with E-state index in [-0.39, 0.29) is 11.9 Å². The van der Waals surface area contributed by atoms with Crippen LogP contribution in [0.1, 0.15) is 64.3 Å². The van der Waals surface area contributed by atoms with Gasteiger partial charge in [-0.3, -0.25) is 4.79 Å². The number of hydrogen-bond acceptors (Lipinski definition) is 4. The summed E-state index contributed by atoms with van der Waals surface area (Å²) in [5.41, 5.74) is 2.06. The molecule has 0 radical (unpaired) electrons. The number of benzene rings is 1. The van der Waals surface area contributed by atoms with Crippen molar-refractivity contribution in [3.05, 3.63) is 53.1 Å². The first-order valence-corrected chi connectivity index (χ1v) is 7.38. The molecule has 0 aliphatic carbocycles. The first-order valence-electron chi connectivity index (χ1n) is 7.38. The molecule has 0 spiro atoms. The number of carbonyl (C=O) groups excluding carboxylic acids is 2. The van der Waals surface area contributed by atoms with Gasteiger partial charge in [-0.05, 0) is 24.1 Å². The first-order chi connectivity index (χ1) is 10.7. The highest BCUT2D eigenvalue weighted by Crippen LogP contribution is 2.28. The molecule has 0 amide bonds. The summed E-state index contributed by atoms with van der Waals surface area (Å²) in [5.74, 6) is 0.514. The average Bonchev–Trinajstić information content (AvgIpc) is 3.04. The lowest BCUT2D eigenvalue weighted by atomic mass is 9.92. The number of aromatic amines is 1. The van der Waals surface area contributed by atoms with E-state index in [2.05, 4.69) is 16.9 Å². The molecule has 5 heteroatoms. The van der Waals surface area contributed by atoms with Crippen LogP contribution in [-0.2, 0) is 4.74 Å². The number of ether oxygens (including phenoxy) is 1. The Morgan fingerprint density at radius 2 is 2.09 bits per heavy atom. The second-order valence-electron chi connectivity index (χ2n) is 5.15. The second kappa shape index (κ2) is 7.54. The van der Waals surface area contributed by atoms with Crippen LogP contribution in [-0.4, -0.2) is 29.3 Å². The van der Waals surface area contributed by atoms with Gasteiger partial charge in [0.1, 0.15) is 5.82 Å². The summed E-state index contributed by atoms with van der Waals surface area (Å²) in [4.78, 5) is 29.7. The maximum Gasteiger partial charge on any atom is 0.337 e. The van der Waals surface area contributed by atoms with Crippen molar-refractivity contribution in [2.24, 2.45) is 0 Å². The predicted molar refractivity (Wildman–Crippen MR) is 83.1 cm³/mol. The van der Waals surface area contributed by atoms with Gasteiger partial charge in [0.25, 0.3) is 0 Å². The molecule has 1 N–H and O–H groups in total. The molecule has 0 saturated heterocycles. The van der Waals surface area contributed by atoms with Crippen molar-refractivity contribution in [2.75, 3.05) is 7.11 Å². The van der Waals surface area contributed by atoms with E-state index in [4.69, 9.17) is 4.74 Å². The molecule has 1 atom stereocenters. The average molecular weight is 300 g/mol. The Balaban J connectivity index is 2.28. The molecule has 2 rings (SSSR count). The second-order valence-corrected chi connectivity index (χ2v) is 5.15. The van der Waals surface area contributed by atoms with Gasteiger partial charge in [-0.15, -0.1) is 0 Å². The third kappa shape index (κ3) is 3.61. The Morgan fingerprint density at radius 1 is 1.36 bits per heavy atom. The minimum atomic E-state index is -0.349. The van der Waals surface area contributed by atoms with Crippen molar-refractivity contribution in [3.8, 4) is 0 Å². The lowest BCUT2D eigenvalue weighted by Crippen LogP contribution is -2.06. The van der Waals surface area contributed by atoms with E-state index in [1.54, 1.807) is 18.3 Å². The Hall–Kier alpha value is -2.43. The first kappa shape index (κ1) is 15.9. The number of aldehydes is 1. The molecule has 116 valence electrons. The van der Waals surface area contributed by atoms with Crippen LogP contribution in [0.4, 0.5) is 0 Å². The molecular formula is C17H20N2O3. The van der Waals surface area contributed by atoms with E-state index in [0.29, 0.717) is 11.3 Å². The molecule has 0 aliphatic rings. The smallest absolute Gasteiger partial charge is 0.337 e. The number of nitrogens with one attached hydrogen (secondary N) is 1. The third-order valence-electron chi connectivity index (χ3n) is 3.65. The van der Waals surface area contributed by atoms with Crippen molar-refractivity contribution in [1.82, 2.24) is 9.97 Å². The maximum absolute atomic E-state index is 11.5. The molecule has 0 aliphatic heterocycles. The van der Waals surface area contributed by atoms with E-state index < -0.39 is 0 Å². The zero-order valence-electron chi connectivity index (χ0n) is 12.8. The number of hydrogen-bond donors (Lipinski definition) is 1. The fourth-order valence-electron chi connectivity index (χ4n) is 2.43. The van der Waals surface area contributed by atoms with Gasteiger partial charge in [-0.2, -0.15) is 0 Å². The van der Waals surface area contributed by atoms with Crippen LogP contribution in [0.5, 0.6) is 0 Å². The van der Waals surface area contributed by atoms with E-state index >= 15 is 0 Å². The maximum atomic E-state index is 11.5. The summed E-state index contributed by atoms with van der Waals surface area (Å²) in [7, 11) is 1.37. The zero-order valence-corrected chi connectivity index (χ0v) is 12.8. The molecule has 0 saturated carbocycles. The number of methoxy groups -OCH3 is 1. The van der Waals surface area contributed by atoms with Crippen LogP contribution in [0, 0.1) is 0 Å². The van der Waals surface area contributed by atoms with E-state index in [1.165, 1.54) is 7.11 Å². The number of imidazole rings is 1. The number of H-pyrrole nitrogens is 1. The summed E-state index contributed by atoms with van der Waals surface area (Å²) in [6.45, 7) is 2.14. The summed E-state index contributed by atoms with van der Waals surface area (Å²) >= 11 is 0. The van der Waals surface area contributed by atoms with Gasteiger partial charge in [0.15, 0.2) is 6.29 Å². The standard InChI is InChI=1S/C17H20N2O3/c1-3-4-5-15(16-18-10-14(11-20)19-16)12-6-8-13(9-7-12)17(21)22-2/h6-11,15H,3-5H2,1-2H3,(H,18,19). The third-order valence-corrected chi connectivity index (χ3v) is 3.65. The Labute approximate surface area is 129 Å². The Kier molecular flexibility index (Phi) is 5.47. The molecule has 0 fully saturated rings. The fourth-order valence-corrected chi connectivity index (χ4v) is 2.43. The number of unbranched alkanes of at least 4 members (excludes halogenated alkanes) is 1. The predicted octanol–water partition coefficient (Wildman–Crippen LogP) is 3.33. The van der Waals surface area contributed by atoms with Gasteiger partial charge in [0.05, 0.1) is 24.6 Å². The van der Waals surface area contributed by atoms with Crippen LogP contribution in [0.2, 0.25) is 0 Å². The highest BCUT2D eigenvalue weighted by atomic mass is 16.5. The summed E-state index contributed by atoms with van der Waals surface area (Å²) in [6, 6.07) is 7.33. The molecule has 22 heavy (non-hydrogen) atoms. The lowest BCUT2D eigenvalue weighted by Gasteiger charge is -2.15. The summed E-state index contributed by atoms with van der Waals surface area (Å²) in [5, 5.41) is 0. The molecule has 0 bridgehead atoms. The van der Waals surface area contributed by atoms with Crippen LogP contribution < -0.4 is 0 Å². The highest BCUT2D eigenvalue weighted by Gasteiger charge is 2.18. The number of esters is 1. The molecule has 2 aromatic rings. The minimum Gasteiger partial charge on any atom is -0.465 e. The molecule has 5 nitrogen and oxygen atoms in total. The lowest BCUT2D eigenvalue weighted by molar-refractivity contribution is 0.0600. The van der Waals surface area contributed by atoms with Crippen LogP contribution in [0.3, 0.4) is 0 Å². The van der Waals surface area contributed by atoms with Crippen LogP contribution in [0.15, 0.2) is 30.5 Å². The van der Waals surface area contributed by atoms with Crippen molar-refractivity contribution in [1.29, 1.82) is 0 Å². The zero-order chi connectivity index (χ0) is 15.9. The largest absolute Gasteiger partial charge is 0.465 e. The molecule has 1 heterocycles. The molecule has 1 unspecified atom stereocenters.